The highest BCUT2D eigenvalue weighted by Gasteiger charge is 2.17. The van der Waals surface area contributed by atoms with Gasteiger partial charge < -0.3 is 19.6 Å². The molecule has 1 heterocycles. The lowest BCUT2D eigenvalue weighted by Gasteiger charge is -2.04. The van der Waals surface area contributed by atoms with E-state index in [1.165, 1.54) is 0 Å². The SMILES string of the molecule is COc1ccc(-c2nc(C(=O)NCCC(C)O)c(C)o2)cc1. The van der Waals surface area contributed by atoms with Crippen LogP contribution in [0.4, 0.5) is 0 Å². The fourth-order valence-electron chi connectivity index (χ4n) is 1.94. The summed E-state index contributed by atoms with van der Waals surface area (Å²) in [6, 6.07) is 7.24. The van der Waals surface area contributed by atoms with E-state index in [0.717, 1.165) is 11.3 Å². The Hall–Kier alpha value is -2.34. The van der Waals surface area contributed by atoms with Gasteiger partial charge in [0.25, 0.3) is 5.91 Å². The molecule has 0 aliphatic carbocycles. The quantitative estimate of drug-likeness (QED) is 0.854. The van der Waals surface area contributed by atoms with Crippen molar-refractivity contribution in [2.75, 3.05) is 13.7 Å². The van der Waals surface area contributed by atoms with Crippen LogP contribution in [0.2, 0.25) is 0 Å². The van der Waals surface area contributed by atoms with Crippen LogP contribution in [0.25, 0.3) is 11.5 Å². The number of nitrogens with zero attached hydrogens (tertiary/aromatic N) is 1. The number of aliphatic hydroxyl groups excluding tert-OH is 1. The standard InChI is InChI=1S/C16H20N2O4/c1-10(19)8-9-17-15(20)14-11(2)22-16(18-14)12-4-6-13(21-3)7-5-12/h4-7,10,19H,8-9H2,1-3H3,(H,17,20). The number of nitrogens with one attached hydrogen (secondary N) is 1. The highest BCUT2D eigenvalue weighted by atomic mass is 16.5. The first kappa shape index (κ1) is 16.0. The largest absolute Gasteiger partial charge is 0.497 e. The number of ether oxygens (including phenoxy) is 1. The minimum Gasteiger partial charge on any atom is -0.497 e. The Bertz CT molecular complexity index is 632. The van der Waals surface area contributed by atoms with Crippen molar-refractivity contribution in [3.8, 4) is 17.2 Å². The fourth-order valence-corrected chi connectivity index (χ4v) is 1.94. The third kappa shape index (κ3) is 3.85. The molecule has 6 heteroatoms. The first-order valence-corrected chi connectivity index (χ1v) is 7.09. The average molecular weight is 304 g/mol. The van der Waals surface area contributed by atoms with Gasteiger partial charge in [-0.2, -0.15) is 0 Å². The second-order valence-electron chi connectivity index (χ2n) is 5.05. The van der Waals surface area contributed by atoms with Crippen LogP contribution in [0.15, 0.2) is 28.7 Å². The van der Waals surface area contributed by atoms with Crippen molar-refractivity contribution >= 4 is 5.91 Å². The molecule has 22 heavy (non-hydrogen) atoms. The van der Waals surface area contributed by atoms with Gasteiger partial charge in [-0.15, -0.1) is 0 Å². The van der Waals surface area contributed by atoms with Gasteiger partial charge in [0.05, 0.1) is 13.2 Å². The molecule has 0 saturated carbocycles. The zero-order valence-electron chi connectivity index (χ0n) is 12.9. The summed E-state index contributed by atoms with van der Waals surface area (Å²) in [6.07, 6.45) is 0.0436. The van der Waals surface area contributed by atoms with Crippen molar-refractivity contribution in [3.63, 3.8) is 0 Å². The molecule has 1 amide bonds. The van der Waals surface area contributed by atoms with Crippen molar-refractivity contribution in [3.05, 3.63) is 35.7 Å². The van der Waals surface area contributed by atoms with E-state index < -0.39 is 6.10 Å². The predicted octanol–water partition coefficient (Wildman–Crippen LogP) is 2.16. The monoisotopic (exact) mass is 304 g/mol. The minimum atomic E-state index is -0.450. The Morgan fingerprint density at radius 3 is 2.68 bits per heavy atom. The molecule has 2 aromatic rings. The van der Waals surface area contributed by atoms with Crippen LogP contribution in [0.1, 0.15) is 29.6 Å². The maximum atomic E-state index is 12.1. The summed E-state index contributed by atoms with van der Waals surface area (Å²) in [4.78, 5) is 16.3. The van der Waals surface area contributed by atoms with Gasteiger partial charge in [0, 0.05) is 12.1 Å². The van der Waals surface area contributed by atoms with E-state index in [-0.39, 0.29) is 11.6 Å². The average Bonchev–Trinajstić information content (AvgIpc) is 2.89. The van der Waals surface area contributed by atoms with Crippen molar-refractivity contribution in [1.82, 2.24) is 10.3 Å². The Labute approximate surface area is 129 Å². The highest BCUT2D eigenvalue weighted by Crippen LogP contribution is 2.23. The minimum absolute atomic E-state index is 0.261. The zero-order chi connectivity index (χ0) is 16.1. The number of methoxy groups -OCH3 is 1. The molecule has 0 fully saturated rings. The third-order valence-electron chi connectivity index (χ3n) is 3.20. The van der Waals surface area contributed by atoms with Gasteiger partial charge >= 0.3 is 0 Å². The van der Waals surface area contributed by atoms with Gasteiger partial charge in [-0.05, 0) is 44.5 Å². The summed E-state index contributed by atoms with van der Waals surface area (Å²) in [5.74, 6) is 1.28. The molecule has 0 aliphatic rings. The smallest absolute Gasteiger partial charge is 0.273 e. The second kappa shape index (κ2) is 7.09. The Kier molecular flexibility index (Phi) is 5.16. The van der Waals surface area contributed by atoms with E-state index in [1.807, 2.05) is 12.1 Å². The first-order chi connectivity index (χ1) is 10.5. The molecule has 1 aromatic carbocycles. The van der Waals surface area contributed by atoms with Gasteiger partial charge in [-0.25, -0.2) is 4.98 Å². The van der Waals surface area contributed by atoms with Gasteiger partial charge in [-0.3, -0.25) is 4.79 Å². The second-order valence-corrected chi connectivity index (χ2v) is 5.05. The normalized spacial score (nSPS) is 12.0. The topological polar surface area (TPSA) is 84.6 Å². The molecule has 6 nitrogen and oxygen atoms in total. The van der Waals surface area contributed by atoms with Crippen LogP contribution >= 0.6 is 0 Å². The number of rotatable bonds is 6. The summed E-state index contributed by atoms with van der Waals surface area (Å²) in [5.41, 5.74) is 1.03. The van der Waals surface area contributed by atoms with E-state index in [9.17, 15) is 9.90 Å². The fraction of sp³-hybridized carbons (Fsp3) is 0.375. The summed E-state index contributed by atoms with van der Waals surface area (Å²) < 4.78 is 10.7. The first-order valence-electron chi connectivity index (χ1n) is 7.09. The molecule has 0 bridgehead atoms. The lowest BCUT2D eigenvalue weighted by atomic mass is 10.2. The third-order valence-corrected chi connectivity index (χ3v) is 3.20. The molecule has 0 spiro atoms. The molecule has 118 valence electrons. The zero-order valence-corrected chi connectivity index (χ0v) is 12.9. The predicted molar refractivity (Wildman–Crippen MR) is 81.9 cm³/mol. The number of oxazole rings is 1. The lowest BCUT2D eigenvalue weighted by molar-refractivity contribution is 0.0939. The number of carbonyl (C=O) groups is 1. The van der Waals surface area contributed by atoms with E-state index in [4.69, 9.17) is 9.15 Å². The number of aryl methyl sites for hydroxylation is 1. The maximum absolute atomic E-state index is 12.1. The van der Waals surface area contributed by atoms with Crippen LogP contribution in [-0.4, -0.2) is 35.8 Å². The van der Waals surface area contributed by atoms with Crippen molar-refractivity contribution < 1.29 is 19.1 Å². The molecule has 0 saturated heterocycles. The molecule has 1 aromatic heterocycles. The van der Waals surface area contributed by atoms with Gasteiger partial charge in [0.2, 0.25) is 5.89 Å². The molecule has 1 unspecified atom stereocenters. The summed E-state index contributed by atoms with van der Waals surface area (Å²) in [6.45, 7) is 3.76. The van der Waals surface area contributed by atoms with Gasteiger partial charge in [-0.1, -0.05) is 0 Å². The van der Waals surface area contributed by atoms with Crippen molar-refractivity contribution in [1.29, 1.82) is 0 Å². The maximum Gasteiger partial charge on any atom is 0.273 e. The van der Waals surface area contributed by atoms with E-state index in [2.05, 4.69) is 10.3 Å². The molecule has 2 N–H and O–H groups in total. The van der Waals surface area contributed by atoms with Crippen molar-refractivity contribution in [2.45, 2.75) is 26.4 Å². The van der Waals surface area contributed by atoms with Crippen LogP contribution in [-0.2, 0) is 0 Å². The summed E-state index contributed by atoms with van der Waals surface area (Å²) in [5, 5.41) is 11.9. The molecule has 0 aliphatic heterocycles. The number of benzene rings is 1. The number of aromatic nitrogens is 1. The molecule has 2 rings (SSSR count). The number of carbonyl (C=O) groups excluding carboxylic acids is 1. The number of amides is 1. The van der Waals surface area contributed by atoms with Crippen LogP contribution in [0.3, 0.4) is 0 Å². The van der Waals surface area contributed by atoms with E-state index in [0.29, 0.717) is 24.6 Å². The number of hydrogen-bond donors (Lipinski definition) is 2. The van der Waals surface area contributed by atoms with Gasteiger partial charge in [0.1, 0.15) is 11.5 Å². The van der Waals surface area contributed by atoms with Crippen LogP contribution in [0.5, 0.6) is 5.75 Å². The lowest BCUT2D eigenvalue weighted by Crippen LogP contribution is -2.27. The molecule has 0 radical (unpaired) electrons. The molecular formula is C16H20N2O4. The Morgan fingerprint density at radius 1 is 1.41 bits per heavy atom. The number of hydrogen-bond acceptors (Lipinski definition) is 5. The van der Waals surface area contributed by atoms with Crippen LogP contribution < -0.4 is 10.1 Å². The van der Waals surface area contributed by atoms with Gasteiger partial charge in [0.15, 0.2) is 5.69 Å². The Morgan fingerprint density at radius 2 is 2.09 bits per heavy atom. The van der Waals surface area contributed by atoms with E-state index >= 15 is 0 Å². The Balaban J connectivity index is 2.11. The summed E-state index contributed by atoms with van der Waals surface area (Å²) in [7, 11) is 1.60. The molecular weight excluding hydrogens is 284 g/mol. The van der Waals surface area contributed by atoms with Crippen molar-refractivity contribution in [2.24, 2.45) is 0 Å². The number of aliphatic hydroxyl groups is 1. The molecule has 1 atom stereocenters. The van der Waals surface area contributed by atoms with Crippen LogP contribution in [0, 0.1) is 6.92 Å². The van der Waals surface area contributed by atoms with E-state index in [1.54, 1.807) is 33.1 Å². The highest BCUT2D eigenvalue weighted by molar-refractivity contribution is 5.93. The summed E-state index contributed by atoms with van der Waals surface area (Å²) >= 11 is 0.